The predicted molar refractivity (Wildman–Crippen MR) is 104 cm³/mol. The van der Waals surface area contributed by atoms with E-state index in [1.54, 1.807) is 33.2 Å². The highest BCUT2D eigenvalue weighted by atomic mass is 16.5. The first kappa shape index (κ1) is 19.3. The van der Waals surface area contributed by atoms with Crippen LogP contribution in [0.25, 0.3) is 0 Å². The fourth-order valence-corrected chi connectivity index (χ4v) is 2.40. The Balaban J connectivity index is 1.87. The summed E-state index contributed by atoms with van der Waals surface area (Å²) >= 11 is 0. The summed E-state index contributed by atoms with van der Waals surface area (Å²) in [6.45, 7) is 1.27. The van der Waals surface area contributed by atoms with Crippen molar-refractivity contribution in [1.82, 2.24) is 15.5 Å². The van der Waals surface area contributed by atoms with Gasteiger partial charge >= 0.3 is 0 Å². The normalized spacial score (nSPS) is 11.0. The zero-order valence-electron chi connectivity index (χ0n) is 15.7. The molecular weight excluding hydrogens is 328 g/mol. The summed E-state index contributed by atoms with van der Waals surface area (Å²) < 4.78 is 5.23. The van der Waals surface area contributed by atoms with E-state index >= 15 is 0 Å². The first-order valence-electron chi connectivity index (χ1n) is 8.41. The van der Waals surface area contributed by atoms with E-state index in [4.69, 9.17) is 4.74 Å². The third kappa shape index (κ3) is 5.51. The number of hydrogen-bond donors (Lipinski definition) is 2. The molecule has 0 atom stereocenters. The first-order valence-corrected chi connectivity index (χ1v) is 8.41. The molecule has 0 aliphatic heterocycles. The van der Waals surface area contributed by atoms with Gasteiger partial charge in [0.1, 0.15) is 5.75 Å². The maximum absolute atomic E-state index is 11.9. The summed E-state index contributed by atoms with van der Waals surface area (Å²) in [5.74, 6) is 1.54. The van der Waals surface area contributed by atoms with Crippen molar-refractivity contribution in [3.63, 3.8) is 0 Å². The lowest BCUT2D eigenvalue weighted by molar-refractivity contribution is 0.0827. The highest BCUT2D eigenvalue weighted by Gasteiger charge is 2.07. The van der Waals surface area contributed by atoms with E-state index in [0.717, 1.165) is 16.9 Å². The standard InChI is InChI=1S/C20H26N4O2/c1-21-20(23-14-16-6-5-7-18(12-16)26-4)22-13-15-8-10-17(11-9-15)19(25)24(2)3/h5-12H,13-14H2,1-4H3,(H2,21,22,23). The predicted octanol–water partition coefficient (Wildman–Crippen LogP) is 2.26. The maximum atomic E-state index is 11.9. The van der Waals surface area contributed by atoms with Crippen molar-refractivity contribution in [1.29, 1.82) is 0 Å². The Hall–Kier alpha value is -3.02. The molecule has 6 nitrogen and oxygen atoms in total. The van der Waals surface area contributed by atoms with Gasteiger partial charge in [0.2, 0.25) is 0 Å². The molecule has 2 aromatic rings. The van der Waals surface area contributed by atoms with Crippen LogP contribution in [0.15, 0.2) is 53.5 Å². The smallest absolute Gasteiger partial charge is 0.253 e. The van der Waals surface area contributed by atoms with Gasteiger partial charge in [-0.2, -0.15) is 0 Å². The number of rotatable bonds is 6. The number of carbonyl (C=O) groups excluding carboxylic acids is 1. The van der Waals surface area contributed by atoms with E-state index in [9.17, 15) is 4.79 Å². The number of nitrogens with zero attached hydrogens (tertiary/aromatic N) is 2. The van der Waals surface area contributed by atoms with Crippen molar-refractivity contribution in [2.45, 2.75) is 13.1 Å². The summed E-state index contributed by atoms with van der Waals surface area (Å²) in [6, 6.07) is 15.5. The molecule has 138 valence electrons. The molecule has 0 saturated heterocycles. The van der Waals surface area contributed by atoms with Gasteiger partial charge in [-0.3, -0.25) is 9.79 Å². The monoisotopic (exact) mass is 354 g/mol. The van der Waals surface area contributed by atoms with E-state index in [2.05, 4.69) is 15.6 Å². The number of guanidine groups is 1. The third-order valence-electron chi connectivity index (χ3n) is 3.88. The van der Waals surface area contributed by atoms with Crippen LogP contribution in [-0.2, 0) is 13.1 Å². The second-order valence-electron chi connectivity index (χ2n) is 6.03. The fraction of sp³-hybridized carbons (Fsp3) is 0.300. The summed E-state index contributed by atoms with van der Waals surface area (Å²) in [7, 11) is 6.88. The van der Waals surface area contributed by atoms with Crippen LogP contribution in [-0.4, -0.2) is 45.0 Å². The minimum absolute atomic E-state index is 0.000254. The van der Waals surface area contributed by atoms with Crippen LogP contribution in [0, 0.1) is 0 Å². The van der Waals surface area contributed by atoms with Crippen molar-refractivity contribution in [3.05, 3.63) is 65.2 Å². The van der Waals surface area contributed by atoms with E-state index < -0.39 is 0 Å². The Kier molecular flexibility index (Phi) is 7.02. The van der Waals surface area contributed by atoms with Crippen LogP contribution in [0.1, 0.15) is 21.5 Å². The van der Waals surface area contributed by atoms with Crippen molar-refractivity contribution in [2.75, 3.05) is 28.3 Å². The van der Waals surface area contributed by atoms with Crippen molar-refractivity contribution < 1.29 is 9.53 Å². The Morgan fingerprint density at radius 2 is 1.69 bits per heavy atom. The van der Waals surface area contributed by atoms with Gasteiger partial charge in [0, 0.05) is 39.8 Å². The SMILES string of the molecule is CN=C(NCc1ccc(C(=O)N(C)C)cc1)NCc1cccc(OC)c1. The largest absolute Gasteiger partial charge is 0.497 e. The van der Waals surface area contributed by atoms with E-state index in [1.165, 1.54) is 0 Å². The third-order valence-corrected chi connectivity index (χ3v) is 3.88. The lowest BCUT2D eigenvalue weighted by Gasteiger charge is -2.13. The second-order valence-corrected chi connectivity index (χ2v) is 6.03. The van der Waals surface area contributed by atoms with Crippen LogP contribution in [0.4, 0.5) is 0 Å². The lowest BCUT2D eigenvalue weighted by atomic mass is 10.1. The van der Waals surface area contributed by atoms with E-state index in [0.29, 0.717) is 24.6 Å². The van der Waals surface area contributed by atoms with E-state index in [-0.39, 0.29) is 5.91 Å². The molecule has 0 aliphatic carbocycles. The molecule has 26 heavy (non-hydrogen) atoms. The summed E-state index contributed by atoms with van der Waals surface area (Å²) in [4.78, 5) is 17.7. The van der Waals surface area contributed by atoms with E-state index in [1.807, 2.05) is 48.5 Å². The number of ether oxygens (including phenoxy) is 1. The molecule has 0 fully saturated rings. The minimum atomic E-state index is 0.000254. The molecule has 2 aromatic carbocycles. The molecule has 0 bridgehead atoms. The second kappa shape index (κ2) is 9.46. The summed E-state index contributed by atoms with van der Waals surface area (Å²) in [6.07, 6.45) is 0. The fourth-order valence-electron chi connectivity index (χ4n) is 2.40. The summed E-state index contributed by atoms with van der Waals surface area (Å²) in [5.41, 5.74) is 2.86. The highest BCUT2D eigenvalue weighted by Crippen LogP contribution is 2.12. The van der Waals surface area contributed by atoms with Gasteiger partial charge in [0.15, 0.2) is 5.96 Å². The molecule has 1 amide bonds. The van der Waals surface area contributed by atoms with Gasteiger partial charge in [-0.05, 0) is 35.4 Å². The van der Waals surface area contributed by atoms with Crippen LogP contribution in [0.3, 0.4) is 0 Å². The molecule has 6 heteroatoms. The number of nitrogens with one attached hydrogen (secondary N) is 2. The number of benzene rings is 2. The zero-order chi connectivity index (χ0) is 18.9. The average Bonchev–Trinajstić information content (AvgIpc) is 2.68. The molecule has 0 spiro atoms. The Morgan fingerprint density at radius 1 is 1.04 bits per heavy atom. The number of amides is 1. The van der Waals surface area contributed by atoms with Gasteiger partial charge in [-0.1, -0.05) is 24.3 Å². The number of hydrogen-bond acceptors (Lipinski definition) is 3. The molecule has 0 unspecified atom stereocenters. The molecule has 0 aliphatic rings. The van der Waals surface area contributed by atoms with Gasteiger partial charge < -0.3 is 20.3 Å². The average molecular weight is 354 g/mol. The lowest BCUT2D eigenvalue weighted by Crippen LogP contribution is -2.36. The molecule has 0 aromatic heterocycles. The van der Waals surface area contributed by atoms with Gasteiger partial charge in [-0.25, -0.2) is 0 Å². The zero-order valence-corrected chi connectivity index (χ0v) is 15.7. The molecule has 0 radical (unpaired) electrons. The molecule has 2 N–H and O–H groups in total. The van der Waals surface area contributed by atoms with Crippen LogP contribution in [0.5, 0.6) is 5.75 Å². The minimum Gasteiger partial charge on any atom is -0.497 e. The van der Waals surface area contributed by atoms with Crippen LogP contribution < -0.4 is 15.4 Å². The molecule has 0 saturated carbocycles. The topological polar surface area (TPSA) is 66.0 Å². The molecule has 2 rings (SSSR count). The number of methoxy groups -OCH3 is 1. The van der Waals surface area contributed by atoms with Crippen LogP contribution >= 0.6 is 0 Å². The molecular formula is C20H26N4O2. The first-order chi connectivity index (χ1) is 12.5. The maximum Gasteiger partial charge on any atom is 0.253 e. The molecule has 0 heterocycles. The van der Waals surface area contributed by atoms with Gasteiger partial charge in [0.05, 0.1) is 7.11 Å². The van der Waals surface area contributed by atoms with Crippen molar-refractivity contribution in [2.24, 2.45) is 4.99 Å². The Labute approximate surface area is 154 Å². The van der Waals surface area contributed by atoms with Gasteiger partial charge in [0.25, 0.3) is 5.91 Å². The number of aliphatic imine (C=N–C) groups is 1. The quantitative estimate of drug-likeness (QED) is 0.617. The Bertz CT molecular complexity index is 755. The van der Waals surface area contributed by atoms with Crippen molar-refractivity contribution >= 4 is 11.9 Å². The number of carbonyl (C=O) groups is 1. The van der Waals surface area contributed by atoms with Crippen molar-refractivity contribution in [3.8, 4) is 5.75 Å². The highest BCUT2D eigenvalue weighted by molar-refractivity contribution is 5.93. The summed E-state index contributed by atoms with van der Waals surface area (Å²) in [5, 5.41) is 6.54. The Morgan fingerprint density at radius 3 is 2.27 bits per heavy atom. The van der Waals surface area contributed by atoms with Crippen LogP contribution in [0.2, 0.25) is 0 Å². The van der Waals surface area contributed by atoms with Gasteiger partial charge in [-0.15, -0.1) is 0 Å².